The number of hydrazone groups is 1. The van der Waals surface area contributed by atoms with Crippen LogP contribution in [-0.4, -0.2) is 34.8 Å². The molecule has 0 saturated carbocycles. The highest BCUT2D eigenvalue weighted by Crippen LogP contribution is 2.30. The van der Waals surface area contributed by atoms with Gasteiger partial charge in [-0.15, -0.1) is 0 Å². The SMILES string of the molecule is C=C(C)NCCCCC.C=C1C=C(/C(=C/C)c2cnc(NC)nc2C)C=CN1/N=C\C. The minimum Gasteiger partial charge on any atom is -0.389 e. The zero-order chi connectivity index (χ0) is 23.2. The summed E-state index contributed by atoms with van der Waals surface area (Å²) in [6, 6.07) is 0. The van der Waals surface area contributed by atoms with Gasteiger partial charge < -0.3 is 10.6 Å². The van der Waals surface area contributed by atoms with Crippen LogP contribution in [0.15, 0.2) is 65.9 Å². The molecule has 6 nitrogen and oxygen atoms in total. The molecule has 0 amide bonds. The van der Waals surface area contributed by atoms with Crippen LogP contribution in [0.3, 0.4) is 0 Å². The van der Waals surface area contributed by atoms with Gasteiger partial charge in [0.25, 0.3) is 0 Å². The fourth-order valence-corrected chi connectivity index (χ4v) is 2.95. The molecular weight excluding hydrogens is 384 g/mol. The summed E-state index contributed by atoms with van der Waals surface area (Å²) >= 11 is 0. The van der Waals surface area contributed by atoms with Crippen LogP contribution in [0, 0.1) is 6.92 Å². The van der Waals surface area contributed by atoms with E-state index in [1.807, 2.05) is 59.3 Å². The number of aromatic nitrogens is 2. The molecule has 0 unspecified atom stereocenters. The van der Waals surface area contributed by atoms with Gasteiger partial charge in [0.05, 0.1) is 11.4 Å². The highest BCUT2D eigenvalue weighted by atomic mass is 15.4. The Hall–Kier alpha value is -3.15. The van der Waals surface area contributed by atoms with E-state index in [4.69, 9.17) is 0 Å². The summed E-state index contributed by atoms with van der Waals surface area (Å²) in [6.45, 7) is 18.9. The highest BCUT2D eigenvalue weighted by Gasteiger charge is 2.14. The number of allylic oxidation sites excluding steroid dienone is 6. The van der Waals surface area contributed by atoms with Crippen LogP contribution in [0.1, 0.15) is 58.2 Å². The largest absolute Gasteiger partial charge is 0.389 e. The number of hydrogen-bond acceptors (Lipinski definition) is 6. The van der Waals surface area contributed by atoms with Crippen LogP contribution < -0.4 is 10.6 Å². The van der Waals surface area contributed by atoms with E-state index in [0.29, 0.717) is 5.95 Å². The second kappa shape index (κ2) is 14.0. The van der Waals surface area contributed by atoms with Crippen LogP contribution in [0.2, 0.25) is 0 Å². The standard InChI is InChI=1S/C17H21N5.C8H17N/c1-6-15(16-11-19-17(18-5)21-13(16)4)14-8-9-22(20-7-2)12(3)10-14;1-4-5-6-7-9-8(2)3/h6-11H,3H2,1-2,4-5H3,(H,18,19,21);9H,2,4-7H2,1,3H3/b15-6-,20-7-;. The lowest BCUT2D eigenvalue weighted by atomic mass is 9.95. The first-order valence-corrected chi connectivity index (χ1v) is 10.8. The summed E-state index contributed by atoms with van der Waals surface area (Å²) < 4.78 is 0. The molecule has 31 heavy (non-hydrogen) atoms. The van der Waals surface area contributed by atoms with Gasteiger partial charge in [-0.3, -0.25) is 0 Å². The third-order valence-corrected chi connectivity index (χ3v) is 4.55. The second-order valence-corrected chi connectivity index (χ2v) is 7.18. The minimum atomic E-state index is 0.623. The first-order chi connectivity index (χ1) is 14.9. The third-order valence-electron chi connectivity index (χ3n) is 4.55. The molecule has 0 radical (unpaired) electrons. The average molecular weight is 423 g/mol. The van der Waals surface area contributed by atoms with E-state index in [9.17, 15) is 0 Å². The molecule has 6 heteroatoms. The van der Waals surface area contributed by atoms with Gasteiger partial charge in [0.2, 0.25) is 5.95 Å². The van der Waals surface area contributed by atoms with Crippen molar-refractivity contribution in [1.29, 1.82) is 0 Å². The topological polar surface area (TPSA) is 65.4 Å². The van der Waals surface area contributed by atoms with Crippen LogP contribution >= 0.6 is 0 Å². The fraction of sp³-hybridized carbons (Fsp3) is 0.400. The third kappa shape index (κ3) is 8.62. The van der Waals surface area contributed by atoms with Crippen molar-refractivity contribution >= 4 is 17.7 Å². The summed E-state index contributed by atoms with van der Waals surface area (Å²) in [5.41, 5.74) is 5.99. The zero-order valence-electron chi connectivity index (χ0n) is 20.0. The van der Waals surface area contributed by atoms with E-state index in [1.165, 1.54) is 19.3 Å². The van der Waals surface area contributed by atoms with E-state index in [-0.39, 0.29) is 0 Å². The maximum absolute atomic E-state index is 4.45. The first kappa shape index (κ1) is 25.9. The lowest BCUT2D eigenvalue weighted by molar-refractivity contribution is 0.514. The van der Waals surface area contributed by atoms with Crippen molar-refractivity contribution in [2.45, 2.75) is 53.9 Å². The first-order valence-electron chi connectivity index (χ1n) is 10.8. The van der Waals surface area contributed by atoms with Crippen molar-refractivity contribution in [2.24, 2.45) is 5.10 Å². The smallest absolute Gasteiger partial charge is 0.222 e. The van der Waals surface area contributed by atoms with Crippen molar-refractivity contribution in [1.82, 2.24) is 20.3 Å². The van der Waals surface area contributed by atoms with Gasteiger partial charge in [0.15, 0.2) is 0 Å². The Bertz CT molecular complexity index is 861. The van der Waals surface area contributed by atoms with Crippen molar-refractivity contribution in [3.05, 3.63) is 72.0 Å². The van der Waals surface area contributed by atoms with Crippen molar-refractivity contribution in [2.75, 3.05) is 18.9 Å². The summed E-state index contributed by atoms with van der Waals surface area (Å²) in [4.78, 5) is 8.76. The summed E-state index contributed by atoms with van der Waals surface area (Å²) in [6.07, 6.45) is 15.4. The molecule has 1 aromatic rings. The fourth-order valence-electron chi connectivity index (χ4n) is 2.95. The summed E-state index contributed by atoms with van der Waals surface area (Å²) in [5.74, 6) is 0.623. The van der Waals surface area contributed by atoms with Gasteiger partial charge in [-0.1, -0.05) is 39.0 Å². The van der Waals surface area contributed by atoms with Crippen LogP contribution in [0.25, 0.3) is 5.57 Å². The molecule has 2 heterocycles. The predicted octanol–water partition coefficient (Wildman–Crippen LogP) is 5.80. The lowest BCUT2D eigenvalue weighted by Crippen LogP contribution is -2.11. The minimum absolute atomic E-state index is 0.623. The molecule has 0 aromatic carbocycles. The molecule has 1 aliphatic heterocycles. The molecule has 0 fully saturated rings. The van der Waals surface area contributed by atoms with E-state index in [2.05, 4.69) is 51.9 Å². The average Bonchev–Trinajstić information content (AvgIpc) is 2.75. The predicted molar refractivity (Wildman–Crippen MR) is 135 cm³/mol. The molecule has 0 spiro atoms. The molecule has 2 rings (SSSR count). The Balaban J connectivity index is 0.000000452. The van der Waals surface area contributed by atoms with Crippen molar-refractivity contribution in [3.8, 4) is 0 Å². The van der Waals surface area contributed by atoms with Gasteiger partial charge >= 0.3 is 0 Å². The number of nitrogens with one attached hydrogen (secondary N) is 2. The van der Waals surface area contributed by atoms with Gasteiger partial charge in [-0.25, -0.2) is 15.0 Å². The zero-order valence-corrected chi connectivity index (χ0v) is 20.0. The maximum atomic E-state index is 4.45. The Morgan fingerprint density at radius 1 is 1.29 bits per heavy atom. The van der Waals surface area contributed by atoms with Crippen LogP contribution in [-0.2, 0) is 0 Å². The van der Waals surface area contributed by atoms with Gasteiger partial charge in [-0.05, 0) is 57.4 Å². The molecule has 2 N–H and O–H groups in total. The maximum Gasteiger partial charge on any atom is 0.222 e. The Kier molecular flexibility index (Phi) is 11.7. The lowest BCUT2D eigenvalue weighted by Gasteiger charge is -2.21. The molecule has 1 aromatic heterocycles. The number of unbranched alkanes of at least 4 members (excludes halogenated alkanes) is 2. The normalized spacial score (nSPS) is 13.6. The second-order valence-electron chi connectivity index (χ2n) is 7.18. The quantitative estimate of drug-likeness (QED) is 0.389. The molecule has 0 atom stereocenters. The van der Waals surface area contributed by atoms with Crippen molar-refractivity contribution in [3.63, 3.8) is 0 Å². The summed E-state index contributed by atoms with van der Waals surface area (Å²) in [5, 5.41) is 12.1. The number of aryl methyl sites for hydroxylation is 1. The molecule has 168 valence electrons. The van der Waals surface area contributed by atoms with Gasteiger partial charge in [0, 0.05) is 43.5 Å². The molecule has 1 aliphatic rings. The van der Waals surface area contributed by atoms with E-state index in [0.717, 1.165) is 40.3 Å². The number of nitrogens with zero attached hydrogens (tertiary/aromatic N) is 4. The summed E-state index contributed by atoms with van der Waals surface area (Å²) in [7, 11) is 1.81. The molecule has 0 bridgehead atoms. The molecular formula is C25H38N6. The monoisotopic (exact) mass is 422 g/mol. The van der Waals surface area contributed by atoms with Crippen molar-refractivity contribution < 1.29 is 0 Å². The van der Waals surface area contributed by atoms with Gasteiger partial charge in [-0.2, -0.15) is 5.10 Å². The Labute approximate surface area is 188 Å². The molecule has 0 saturated heterocycles. The number of hydrogen-bond donors (Lipinski definition) is 2. The van der Waals surface area contributed by atoms with E-state index in [1.54, 1.807) is 11.2 Å². The molecule has 0 aliphatic carbocycles. The Morgan fingerprint density at radius 2 is 2.03 bits per heavy atom. The number of anilines is 1. The number of rotatable bonds is 9. The van der Waals surface area contributed by atoms with Crippen LogP contribution in [0.5, 0.6) is 0 Å². The van der Waals surface area contributed by atoms with Crippen LogP contribution in [0.4, 0.5) is 5.95 Å². The highest BCUT2D eigenvalue weighted by molar-refractivity contribution is 5.83. The Morgan fingerprint density at radius 3 is 2.55 bits per heavy atom. The van der Waals surface area contributed by atoms with E-state index < -0.39 is 0 Å². The van der Waals surface area contributed by atoms with E-state index >= 15 is 0 Å². The van der Waals surface area contributed by atoms with Gasteiger partial charge in [0.1, 0.15) is 0 Å².